The number of hydrogen-bond donors (Lipinski definition) is 3. The predicted octanol–water partition coefficient (Wildman–Crippen LogP) is 2.87. The van der Waals surface area contributed by atoms with Gasteiger partial charge in [0.1, 0.15) is 23.6 Å². The van der Waals surface area contributed by atoms with Crippen molar-refractivity contribution in [3.05, 3.63) is 41.4 Å². The Morgan fingerprint density at radius 2 is 1.86 bits per heavy atom. The van der Waals surface area contributed by atoms with E-state index in [-0.39, 0.29) is 29.3 Å². The third-order valence-electron chi connectivity index (χ3n) is 7.42. The summed E-state index contributed by atoms with van der Waals surface area (Å²) in [5.74, 6) is -0.248. The molecule has 1 aliphatic carbocycles. The van der Waals surface area contributed by atoms with E-state index in [2.05, 4.69) is 26.2 Å². The number of carbonyl (C=O) groups is 3. The van der Waals surface area contributed by atoms with Gasteiger partial charge in [-0.15, -0.1) is 4.91 Å². The molecule has 2 fully saturated rings. The maximum absolute atomic E-state index is 13.8. The van der Waals surface area contributed by atoms with Crippen LogP contribution >= 0.6 is 0 Å². The maximum atomic E-state index is 13.8. The van der Waals surface area contributed by atoms with Crippen molar-refractivity contribution in [2.24, 2.45) is 11.1 Å². The Bertz CT molecular complexity index is 1130. The zero-order valence-electron chi connectivity index (χ0n) is 21.4. The van der Waals surface area contributed by atoms with Gasteiger partial charge >= 0.3 is 0 Å². The second kappa shape index (κ2) is 12.1. The fourth-order valence-corrected chi connectivity index (χ4v) is 5.23. The van der Waals surface area contributed by atoms with Crippen LogP contribution in [0, 0.1) is 10.8 Å². The van der Waals surface area contributed by atoms with E-state index >= 15 is 0 Å². The summed E-state index contributed by atoms with van der Waals surface area (Å²) in [5.41, 5.74) is 0.830. The third-order valence-corrected chi connectivity index (χ3v) is 7.42. The molecule has 1 aromatic carbocycles. The number of likely N-dealkylation sites (N-methyl/N-ethyl adjacent to an activating group) is 1. The van der Waals surface area contributed by atoms with Crippen LogP contribution in [0.5, 0.6) is 0 Å². The Hall–Kier alpha value is -3.60. The van der Waals surface area contributed by atoms with Crippen molar-refractivity contribution < 1.29 is 14.4 Å². The van der Waals surface area contributed by atoms with Gasteiger partial charge in [0.05, 0.1) is 17.9 Å². The molecular weight excluding hydrogens is 474 g/mol. The van der Waals surface area contributed by atoms with Crippen molar-refractivity contribution in [3.63, 3.8) is 0 Å². The Morgan fingerprint density at radius 3 is 2.59 bits per heavy atom. The molecule has 3 atom stereocenters. The number of carbonyl (C=O) groups excluding carboxylic acids is 3. The second-order valence-corrected chi connectivity index (χ2v) is 9.81. The van der Waals surface area contributed by atoms with Gasteiger partial charge in [0.15, 0.2) is 0 Å². The molecule has 0 radical (unpaired) electrons. The first-order valence-corrected chi connectivity index (χ1v) is 13.0. The van der Waals surface area contributed by atoms with E-state index in [1.807, 2.05) is 0 Å². The molecule has 2 aliphatic rings. The van der Waals surface area contributed by atoms with Crippen LogP contribution in [-0.2, 0) is 14.4 Å². The lowest BCUT2D eigenvalue weighted by Crippen LogP contribution is -2.57. The minimum atomic E-state index is -0.652. The lowest BCUT2D eigenvalue weighted by molar-refractivity contribution is -0.142. The number of aromatic nitrogens is 2. The Morgan fingerprint density at radius 1 is 1.08 bits per heavy atom. The highest BCUT2D eigenvalue weighted by Gasteiger charge is 2.41. The van der Waals surface area contributed by atoms with E-state index in [0.29, 0.717) is 30.9 Å². The Balaban J connectivity index is 1.51. The Kier molecular flexibility index (Phi) is 8.65. The first kappa shape index (κ1) is 26.5. The number of likely N-dealkylation sites (tertiary alicyclic amines) is 1. The van der Waals surface area contributed by atoms with E-state index in [1.54, 1.807) is 55.4 Å². The molecular formula is C26H35N7O4. The fraction of sp³-hybridized carbons (Fsp3) is 0.538. The summed E-state index contributed by atoms with van der Waals surface area (Å²) in [6.07, 6.45) is 7.73. The number of nitrogens with one attached hydrogen (secondary N) is 3. The predicted molar refractivity (Wildman–Crippen MR) is 139 cm³/mol. The molecule has 0 bridgehead atoms. The highest BCUT2D eigenvalue weighted by molar-refractivity contribution is 5.98. The largest absolute Gasteiger partial charge is 0.343 e. The summed E-state index contributed by atoms with van der Waals surface area (Å²) in [5, 5.41) is 16.0. The molecule has 2 aromatic rings. The molecule has 3 amide bonds. The average molecular weight is 510 g/mol. The molecule has 1 aromatic heterocycles. The number of anilines is 1. The first-order chi connectivity index (χ1) is 17.9. The second-order valence-electron chi connectivity index (χ2n) is 9.81. The summed E-state index contributed by atoms with van der Waals surface area (Å²) < 4.78 is 1.51. The molecule has 0 unspecified atom stereocenters. The summed E-state index contributed by atoms with van der Waals surface area (Å²) in [6.45, 7) is 2.22. The molecule has 2 heterocycles. The van der Waals surface area contributed by atoms with Crippen LogP contribution < -0.4 is 16.0 Å². The summed E-state index contributed by atoms with van der Waals surface area (Å²) in [6, 6.07) is 6.53. The zero-order valence-corrected chi connectivity index (χ0v) is 21.4. The van der Waals surface area contributed by atoms with E-state index in [9.17, 15) is 19.3 Å². The summed E-state index contributed by atoms with van der Waals surface area (Å²) in [7, 11) is 1.71. The van der Waals surface area contributed by atoms with Gasteiger partial charge in [0.25, 0.3) is 0 Å². The number of hydrogen-bond acceptors (Lipinski definition) is 7. The Labute approximate surface area is 216 Å². The van der Waals surface area contributed by atoms with Crippen LogP contribution in [0.25, 0.3) is 5.69 Å². The summed E-state index contributed by atoms with van der Waals surface area (Å²) in [4.78, 5) is 52.5. The number of amides is 3. The molecule has 3 N–H and O–H groups in total. The van der Waals surface area contributed by atoms with E-state index in [1.165, 1.54) is 4.68 Å². The van der Waals surface area contributed by atoms with Gasteiger partial charge in [0, 0.05) is 12.6 Å². The van der Waals surface area contributed by atoms with Gasteiger partial charge in [-0.2, -0.15) is 5.10 Å². The van der Waals surface area contributed by atoms with E-state index < -0.39 is 18.1 Å². The van der Waals surface area contributed by atoms with Crippen LogP contribution in [0.3, 0.4) is 0 Å². The van der Waals surface area contributed by atoms with Gasteiger partial charge in [-0.05, 0) is 68.9 Å². The van der Waals surface area contributed by atoms with Crippen molar-refractivity contribution in [3.8, 4) is 5.69 Å². The SMILES string of the molecule is CN[C@@H](C)C(=O)N[C@H](C(=O)N1CCC[C@H]1C(=O)Nc1ccnn1-c1cccc(N=O)c1)C1CCCCC1. The van der Waals surface area contributed by atoms with Gasteiger partial charge in [-0.25, -0.2) is 4.68 Å². The minimum absolute atomic E-state index is 0.0544. The normalized spacial score (nSPS) is 19.7. The highest BCUT2D eigenvalue weighted by atomic mass is 16.3. The molecule has 1 aliphatic heterocycles. The molecule has 1 saturated carbocycles. The average Bonchev–Trinajstić information content (AvgIpc) is 3.61. The molecule has 198 valence electrons. The lowest BCUT2D eigenvalue weighted by atomic mass is 9.83. The molecule has 4 rings (SSSR count). The van der Waals surface area contributed by atoms with Crippen LogP contribution in [0.15, 0.2) is 41.7 Å². The van der Waals surface area contributed by atoms with Gasteiger partial charge < -0.3 is 20.9 Å². The van der Waals surface area contributed by atoms with Crippen molar-refractivity contribution >= 4 is 29.2 Å². The monoisotopic (exact) mass is 509 g/mol. The van der Waals surface area contributed by atoms with Gasteiger partial charge in [-0.1, -0.05) is 25.3 Å². The van der Waals surface area contributed by atoms with Crippen LogP contribution in [-0.4, -0.2) is 64.1 Å². The van der Waals surface area contributed by atoms with Crippen molar-refractivity contribution in [1.82, 2.24) is 25.3 Å². The number of rotatable bonds is 9. The van der Waals surface area contributed by atoms with Crippen LogP contribution in [0.4, 0.5) is 11.5 Å². The number of benzene rings is 1. The fourth-order valence-electron chi connectivity index (χ4n) is 5.23. The van der Waals surface area contributed by atoms with Crippen molar-refractivity contribution in [2.45, 2.75) is 70.0 Å². The molecule has 0 spiro atoms. The van der Waals surface area contributed by atoms with Gasteiger partial charge in [0.2, 0.25) is 17.7 Å². The van der Waals surface area contributed by atoms with Crippen LogP contribution in [0.2, 0.25) is 0 Å². The first-order valence-electron chi connectivity index (χ1n) is 13.0. The maximum Gasteiger partial charge on any atom is 0.248 e. The topological polar surface area (TPSA) is 138 Å². The lowest BCUT2D eigenvalue weighted by Gasteiger charge is -2.35. The number of nitroso groups, excluding NO2 is 1. The molecule has 37 heavy (non-hydrogen) atoms. The van der Waals surface area contributed by atoms with Crippen molar-refractivity contribution in [2.75, 3.05) is 18.9 Å². The zero-order chi connectivity index (χ0) is 26.4. The summed E-state index contributed by atoms with van der Waals surface area (Å²) >= 11 is 0. The smallest absolute Gasteiger partial charge is 0.248 e. The third kappa shape index (κ3) is 6.04. The quantitative estimate of drug-likeness (QED) is 0.445. The molecule has 1 saturated heterocycles. The van der Waals surface area contributed by atoms with Gasteiger partial charge in [-0.3, -0.25) is 14.4 Å². The molecule has 11 heteroatoms. The van der Waals surface area contributed by atoms with Crippen LogP contribution in [0.1, 0.15) is 51.9 Å². The van der Waals surface area contributed by atoms with E-state index in [0.717, 1.165) is 32.1 Å². The molecule has 11 nitrogen and oxygen atoms in total. The van der Waals surface area contributed by atoms with Crippen molar-refractivity contribution in [1.29, 1.82) is 0 Å². The highest BCUT2D eigenvalue weighted by Crippen LogP contribution is 2.30. The standard InChI is InChI=1S/C26H35N7O4/c1-17(27-2)24(34)30-23(18-8-4-3-5-9-18)26(36)32-15-7-12-21(32)25(35)29-22-13-14-28-33(22)20-11-6-10-19(16-20)31-37/h6,10-11,13-14,16-18,21,23,27H,3-5,7-9,12,15H2,1-2H3,(H,29,35)(H,30,34)/t17-,21-,23-/m0/s1. The van der Waals surface area contributed by atoms with E-state index in [4.69, 9.17) is 0 Å². The number of nitrogens with zero attached hydrogens (tertiary/aromatic N) is 4. The minimum Gasteiger partial charge on any atom is -0.343 e.